The first-order chi connectivity index (χ1) is 13.3. The van der Waals surface area contributed by atoms with Crippen LogP contribution in [-0.2, 0) is 12.8 Å². The zero-order chi connectivity index (χ0) is 18.5. The van der Waals surface area contributed by atoms with Crippen LogP contribution in [0, 0.1) is 0 Å². The van der Waals surface area contributed by atoms with Crippen LogP contribution in [0.4, 0.5) is 0 Å². The van der Waals surface area contributed by atoms with E-state index in [1.165, 1.54) is 59.9 Å². The van der Waals surface area contributed by atoms with E-state index in [-0.39, 0.29) is 0 Å². The van der Waals surface area contributed by atoms with Crippen molar-refractivity contribution in [2.75, 3.05) is 0 Å². The van der Waals surface area contributed by atoms with Gasteiger partial charge in [-0.05, 0) is 59.9 Å². The van der Waals surface area contributed by atoms with E-state index in [1.807, 2.05) is 6.07 Å². The SMILES string of the molecule is Oc1ccc(Cc2ccccc2)c(Cc2ccccc2)c1C1CCCCC1. The summed E-state index contributed by atoms with van der Waals surface area (Å²) in [7, 11) is 0. The third-order valence-electron chi connectivity index (χ3n) is 5.91. The lowest BCUT2D eigenvalue weighted by Gasteiger charge is -2.27. The maximum atomic E-state index is 10.8. The second-order valence-electron chi connectivity index (χ2n) is 7.80. The minimum Gasteiger partial charge on any atom is -0.508 e. The van der Waals surface area contributed by atoms with E-state index in [9.17, 15) is 5.11 Å². The molecule has 0 spiro atoms. The van der Waals surface area contributed by atoms with Gasteiger partial charge >= 0.3 is 0 Å². The highest BCUT2D eigenvalue weighted by Crippen LogP contribution is 2.41. The number of rotatable bonds is 5. The minimum atomic E-state index is 0.490. The van der Waals surface area contributed by atoms with Crippen molar-refractivity contribution >= 4 is 0 Å². The Labute approximate surface area is 162 Å². The van der Waals surface area contributed by atoms with Gasteiger partial charge in [0.15, 0.2) is 0 Å². The predicted molar refractivity (Wildman–Crippen MR) is 112 cm³/mol. The molecule has 0 aliphatic heterocycles. The lowest BCUT2D eigenvalue weighted by atomic mass is 9.78. The van der Waals surface area contributed by atoms with Gasteiger partial charge in [-0.25, -0.2) is 0 Å². The second kappa shape index (κ2) is 8.43. The summed E-state index contributed by atoms with van der Waals surface area (Å²) in [5, 5.41) is 10.8. The van der Waals surface area contributed by atoms with Gasteiger partial charge < -0.3 is 5.11 Å². The number of benzene rings is 3. The molecule has 1 aliphatic rings. The fraction of sp³-hybridized carbons (Fsp3) is 0.308. The van der Waals surface area contributed by atoms with Crippen LogP contribution in [0.5, 0.6) is 5.75 Å². The van der Waals surface area contributed by atoms with Crippen LogP contribution in [-0.4, -0.2) is 5.11 Å². The summed E-state index contributed by atoms with van der Waals surface area (Å²) in [4.78, 5) is 0. The lowest BCUT2D eigenvalue weighted by molar-refractivity contribution is 0.412. The van der Waals surface area contributed by atoms with Gasteiger partial charge in [-0.1, -0.05) is 86.0 Å². The summed E-state index contributed by atoms with van der Waals surface area (Å²) in [5.41, 5.74) is 6.55. The van der Waals surface area contributed by atoms with E-state index < -0.39 is 0 Å². The van der Waals surface area contributed by atoms with Crippen molar-refractivity contribution in [3.63, 3.8) is 0 Å². The molecule has 1 fully saturated rings. The molecule has 27 heavy (non-hydrogen) atoms. The number of phenolic OH excluding ortho intramolecular Hbond substituents is 1. The van der Waals surface area contributed by atoms with Gasteiger partial charge in [0.1, 0.15) is 5.75 Å². The summed E-state index contributed by atoms with van der Waals surface area (Å²) in [6.07, 6.45) is 8.09. The molecule has 0 amide bonds. The molecule has 4 rings (SSSR count). The van der Waals surface area contributed by atoms with E-state index in [2.05, 4.69) is 66.7 Å². The van der Waals surface area contributed by atoms with Crippen LogP contribution in [0.1, 0.15) is 65.8 Å². The molecular weight excluding hydrogens is 328 g/mol. The van der Waals surface area contributed by atoms with Gasteiger partial charge in [-0.2, -0.15) is 0 Å². The van der Waals surface area contributed by atoms with Crippen molar-refractivity contribution in [2.45, 2.75) is 50.9 Å². The number of phenols is 1. The molecule has 3 aromatic carbocycles. The first-order valence-electron chi connectivity index (χ1n) is 10.2. The van der Waals surface area contributed by atoms with Crippen molar-refractivity contribution in [1.82, 2.24) is 0 Å². The summed E-state index contributed by atoms with van der Waals surface area (Å²) in [6.45, 7) is 0. The topological polar surface area (TPSA) is 20.2 Å². The van der Waals surface area contributed by atoms with Crippen LogP contribution in [0.2, 0.25) is 0 Å². The number of hydrogen-bond donors (Lipinski definition) is 1. The van der Waals surface area contributed by atoms with Crippen molar-refractivity contribution in [2.24, 2.45) is 0 Å². The average molecular weight is 357 g/mol. The van der Waals surface area contributed by atoms with E-state index in [1.54, 1.807) is 0 Å². The largest absolute Gasteiger partial charge is 0.508 e. The third kappa shape index (κ3) is 4.24. The normalized spacial score (nSPS) is 15.0. The quantitative estimate of drug-likeness (QED) is 0.544. The van der Waals surface area contributed by atoms with Crippen molar-refractivity contribution in [3.05, 3.63) is 101 Å². The summed E-state index contributed by atoms with van der Waals surface area (Å²) in [6, 6.07) is 25.4. The Morgan fingerprint density at radius 3 is 1.89 bits per heavy atom. The monoisotopic (exact) mass is 356 g/mol. The zero-order valence-corrected chi connectivity index (χ0v) is 15.9. The number of aromatic hydroxyl groups is 1. The highest BCUT2D eigenvalue weighted by Gasteiger charge is 2.23. The minimum absolute atomic E-state index is 0.490. The van der Waals surface area contributed by atoms with Gasteiger partial charge in [0.05, 0.1) is 0 Å². The first kappa shape index (κ1) is 17.9. The van der Waals surface area contributed by atoms with E-state index in [0.717, 1.165) is 12.8 Å². The van der Waals surface area contributed by atoms with E-state index >= 15 is 0 Å². The maximum absolute atomic E-state index is 10.8. The molecule has 0 atom stereocenters. The Morgan fingerprint density at radius 2 is 1.26 bits per heavy atom. The molecule has 0 aromatic heterocycles. The molecular formula is C26H28O. The second-order valence-corrected chi connectivity index (χ2v) is 7.80. The fourth-order valence-corrected chi connectivity index (χ4v) is 4.53. The first-order valence-corrected chi connectivity index (χ1v) is 10.2. The Balaban J connectivity index is 1.77. The van der Waals surface area contributed by atoms with Gasteiger partial charge in [0, 0.05) is 5.56 Å². The maximum Gasteiger partial charge on any atom is 0.119 e. The molecule has 0 bridgehead atoms. The molecule has 3 aromatic rings. The molecule has 1 saturated carbocycles. The molecule has 1 aliphatic carbocycles. The lowest BCUT2D eigenvalue weighted by Crippen LogP contribution is -2.11. The number of hydrogen-bond acceptors (Lipinski definition) is 1. The predicted octanol–water partition coefficient (Wildman–Crippen LogP) is 6.62. The van der Waals surface area contributed by atoms with Crippen LogP contribution < -0.4 is 0 Å². The summed E-state index contributed by atoms with van der Waals surface area (Å²) >= 11 is 0. The summed E-state index contributed by atoms with van der Waals surface area (Å²) in [5.74, 6) is 0.984. The molecule has 0 saturated heterocycles. The molecule has 1 nitrogen and oxygen atoms in total. The van der Waals surface area contributed by atoms with Gasteiger partial charge in [0.2, 0.25) is 0 Å². The Kier molecular flexibility index (Phi) is 5.58. The highest BCUT2D eigenvalue weighted by molar-refractivity contribution is 5.50. The van der Waals surface area contributed by atoms with Gasteiger partial charge in [-0.15, -0.1) is 0 Å². The standard InChI is InChI=1S/C26H28O/c27-25-17-16-23(18-20-10-4-1-5-11-20)24(19-21-12-6-2-7-13-21)26(25)22-14-8-3-9-15-22/h1-2,4-7,10-13,16-17,22,27H,3,8-9,14-15,18-19H2. The van der Waals surface area contributed by atoms with Crippen LogP contribution >= 0.6 is 0 Å². The fourth-order valence-electron chi connectivity index (χ4n) is 4.53. The molecule has 0 radical (unpaired) electrons. The Morgan fingerprint density at radius 1 is 0.667 bits per heavy atom. The van der Waals surface area contributed by atoms with Crippen LogP contribution in [0.15, 0.2) is 72.8 Å². The third-order valence-corrected chi connectivity index (χ3v) is 5.91. The Hall–Kier alpha value is -2.54. The average Bonchev–Trinajstić information content (AvgIpc) is 2.72. The molecule has 138 valence electrons. The van der Waals surface area contributed by atoms with Crippen molar-refractivity contribution < 1.29 is 5.11 Å². The van der Waals surface area contributed by atoms with Crippen molar-refractivity contribution in [3.8, 4) is 5.75 Å². The van der Waals surface area contributed by atoms with Crippen LogP contribution in [0.3, 0.4) is 0 Å². The Bertz CT molecular complexity index is 861. The smallest absolute Gasteiger partial charge is 0.119 e. The van der Waals surface area contributed by atoms with Gasteiger partial charge in [0.25, 0.3) is 0 Å². The molecule has 1 N–H and O–H groups in total. The molecule has 0 heterocycles. The van der Waals surface area contributed by atoms with Crippen molar-refractivity contribution in [1.29, 1.82) is 0 Å². The van der Waals surface area contributed by atoms with Gasteiger partial charge in [-0.3, -0.25) is 0 Å². The zero-order valence-electron chi connectivity index (χ0n) is 15.9. The van der Waals surface area contributed by atoms with E-state index in [4.69, 9.17) is 0 Å². The molecule has 0 unspecified atom stereocenters. The summed E-state index contributed by atoms with van der Waals surface area (Å²) < 4.78 is 0. The van der Waals surface area contributed by atoms with E-state index in [0.29, 0.717) is 11.7 Å². The van der Waals surface area contributed by atoms with Crippen LogP contribution in [0.25, 0.3) is 0 Å². The molecule has 1 heteroatoms. The highest BCUT2D eigenvalue weighted by atomic mass is 16.3.